The van der Waals surface area contributed by atoms with Crippen LogP contribution in [0.4, 0.5) is 0 Å². The fourth-order valence-corrected chi connectivity index (χ4v) is 4.58. The van der Waals surface area contributed by atoms with Gasteiger partial charge in [0.1, 0.15) is 12.5 Å². The number of fused-ring (bicyclic) bond motifs is 2. The zero-order valence-corrected chi connectivity index (χ0v) is 13.6. The van der Waals surface area contributed by atoms with Crippen LogP contribution in [0.25, 0.3) is 0 Å². The second-order valence-corrected chi connectivity index (χ2v) is 8.06. The minimum atomic E-state index is -0.907. The molecular weight excluding hydrogens is 278 g/mol. The summed E-state index contributed by atoms with van der Waals surface area (Å²) >= 11 is 0. The number of nitrogens with zero attached hydrogens (tertiary/aromatic N) is 1. The van der Waals surface area contributed by atoms with Gasteiger partial charge in [0.05, 0.1) is 5.56 Å². The number of rotatable bonds is 4. The van der Waals surface area contributed by atoms with E-state index in [0.717, 1.165) is 12.3 Å². The number of carbonyl (C=O) groups is 1. The monoisotopic (exact) mass is 303 g/mol. The lowest BCUT2D eigenvalue weighted by molar-refractivity contribution is 0.0696. The number of aromatic carboxylic acids is 1. The van der Waals surface area contributed by atoms with Crippen LogP contribution >= 0.6 is 0 Å². The number of carboxylic acids is 1. The van der Waals surface area contributed by atoms with E-state index in [1.54, 1.807) is 24.3 Å². The van der Waals surface area contributed by atoms with Gasteiger partial charge in [0.15, 0.2) is 0 Å². The van der Waals surface area contributed by atoms with Gasteiger partial charge >= 0.3 is 5.97 Å². The Bertz CT molecular complexity index is 566. The lowest BCUT2D eigenvalue weighted by Gasteiger charge is -2.39. The Morgan fingerprint density at radius 3 is 2.59 bits per heavy atom. The molecule has 0 aromatic heterocycles. The summed E-state index contributed by atoms with van der Waals surface area (Å²) in [5, 5.41) is 8.91. The molecular formula is C18H25NO3. The average Bonchev–Trinajstić information content (AvgIpc) is 2.65. The number of benzene rings is 1. The summed E-state index contributed by atoms with van der Waals surface area (Å²) < 4.78 is 5.88. The van der Waals surface area contributed by atoms with Crippen molar-refractivity contribution >= 4 is 5.97 Å². The van der Waals surface area contributed by atoms with Gasteiger partial charge in [-0.2, -0.15) is 0 Å². The Labute approximate surface area is 132 Å². The van der Waals surface area contributed by atoms with E-state index >= 15 is 0 Å². The van der Waals surface area contributed by atoms with Crippen molar-refractivity contribution in [3.05, 3.63) is 29.8 Å². The van der Waals surface area contributed by atoms with Crippen molar-refractivity contribution in [1.82, 2.24) is 4.90 Å². The summed E-state index contributed by atoms with van der Waals surface area (Å²) in [4.78, 5) is 13.3. The minimum absolute atomic E-state index is 0.290. The van der Waals surface area contributed by atoms with Gasteiger partial charge in [-0.25, -0.2) is 4.79 Å². The quantitative estimate of drug-likeness (QED) is 0.923. The van der Waals surface area contributed by atoms with Gasteiger partial charge < -0.3 is 9.84 Å². The van der Waals surface area contributed by atoms with Crippen LogP contribution in [0.1, 0.15) is 50.4 Å². The van der Waals surface area contributed by atoms with Crippen LogP contribution in [0.3, 0.4) is 0 Å². The van der Waals surface area contributed by atoms with Gasteiger partial charge in [-0.05, 0) is 54.4 Å². The van der Waals surface area contributed by atoms with E-state index in [4.69, 9.17) is 9.84 Å². The largest absolute Gasteiger partial charge is 0.478 e. The first-order valence-corrected chi connectivity index (χ1v) is 7.97. The highest BCUT2D eigenvalue weighted by molar-refractivity contribution is 5.87. The molecule has 2 aliphatic rings. The van der Waals surface area contributed by atoms with Crippen LogP contribution < -0.4 is 4.74 Å². The molecule has 120 valence electrons. The third-order valence-electron chi connectivity index (χ3n) is 5.02. The van der Waals surface area contributed by atoms with Gasteiger partial charge in [0, 0.05) is 12.6 Å². The summed E-state index contributed by atoms with van der Waals surface area (Å²) in [6, 6.07) is 7.25. The maximum absolute atomic E-state index is 10.9. The maximum Gasteiger partial charge on any atom is 0.335 e. The highest BCUT2D eigenvalue weighted by Crippen LogP contribution is 2.52. The molecule has 1 aliphatic carbocycles. The molecule has 2 fully saturated rings. The van der Waals surface area contributed by atoms with Crippen molar-refractivity contribution in [1.29, 1.82) is 0 Å². The summed E-state index contributed by atoms with van der Waals surface area (Å²) in [5.41, 5.74) is 1.11. The third-order valence-corrected chi connectivity index (χ3v) is 5.02. The van der Waals surface area contributed by atoms with Crippen LogP contribution in [0, 0.1) is 10.8 Å². The van der Waals surface area contributed by atoms with E-state index in [-0.39, 0.29) is 0 Å². The first-order chi connectivity index (χ1) is 10.3. The van der Waals surface area contributed by atoms with E-state index < -0.39 is 5.97 Å². The van der Waals surface area contributed by atoms with Crippen molar-refractivity contribution in [2.24, 2.45) is 10.8 Å². The molecule has 4 heteroatoms. The summed E-state index contributed by atoms with van der Waals surface area (Å²) in [5.74, 6) is -0.175. The van der Waals surface area contributed by atoms with Crippen molar-refractivity contribution < 1.29 is 14.6 Å². The molecule has 1 aromatic rings. The molecule has 2 atom stereocenters. The Morgan fingerprint density at radius 2 is 1.95 bits per heavy atom. The van der Waals surface area contributed by atoms with E-state index in [1.165, 1.54) is 19.3 Å². The maximum atomic E-state index is 10.9. The van der Waals surface area contributed by atoms with Crippen LogP contribution in [-0.4, -0.2) is 35.3 Å². The van der Waals surface area contributed by atoms with E-state index in [0.29, 0.717) is 29.2 Å². The van der Waals surface area contributed by atoms with Crippen LogP contribution in [-0.2, 0) is 0 Å². The average molecular weight is 303 g/mol. The molecule has 3 rings (SSSR count). The molecule has 22 heavy (non-hydrogen) atoms. The van der Waals surface area contributed by atoms with Crippen LogP contribution in [0.5, 0.6) is 5.75 Å². The van der Waals surface area contributed by atoms with E-state index in [1.807, 2.05) is 0 Å². The molecule has 0 spiro atoms. The van der Waals surface area contributed by atoms with Crippen molar-refractivity contribution in [3.8, 4) is 5.75 Å². The van der Waals surface area contributed by atoms with Gasteiger partial charge in [-0.1, -0.05) is 20.8 Å². The smallest absolute Gasteiger partial charge is 0.335 e. The molecule has 4 nitrogen and oxygen atoms in total. The molecule has 2 unspecified atom stereocenters. The first-order valence-electron chi connectivity index (χ1n) is 7.97. The van der Waals surface area contributed by atoms with Gasteiger partial charge in [0.25, 0.3) is 0 Å². The van der Waals surface area contributed by atoms with E-state index in [2.05, 4.69) is 25.7 Å². The molecule has 1 heterocycles. The third kappa shape index (κ3) is 3.12. The molecule has 2 bridgehead atoms. The fraction of sp³-hybridized carbons (Fsp3) is 0.611. The molecule has 1 N–H and O–H groups in total. The van der Waals surface area contributed by atoms with Crippen molar-refractivity contribution in [2.45, 2.75) is 46.1 Å². The minimum Gasteiger partial charge on any atom is -0.478 e. The lowest BCUT2D eigenvalue weighted by Crippen LogP contribution is -2.36. The standard InChI is InChI=1S/C18H25NO3/c1-17(2)8-14-9-18(3,10-17)11-19(14)12-22-15-6-4-13(5-7-15)16(20)21/h4-7,14H,8-12H2,1-3H3,(H,20,21). The predicted molar refractivity (Wildman–Crippen MR) is 85.1 cm³/mol. The molecule has 0 radical (unpaired) electrons. The first kappa shape index (κ1) is 15.3. The van der Waals surface area contributed by atoms with Crippen molar-refractivity contribution in [2.75, 3.05) is 13.3 Å². The Morgan fingerprint density at radius 1 is 1.27 bits per heavy atom. The normalized spacial score (nSPS) is 30.2. The number of carboxylic acid groups (broad SMARTS) is 1. The molecule has 1 saturated heterocycles. The fourth-order valence-electron chi connectivity index (χ4n) is 4.58. The van der Waals surface area contributed by atoms with Crippen molar-refractivity contribution in [3.63, 3.8) is 0 Å². The zero-order valence-electron chi connectivity index (χ0n) is 13.6. The lowest BCUT2D eigenvalue weighted by atomic mass is 9.65. The summed E-state index contributed by atoms with van der Waals surface area (Å²) in [6.07, 6.45) is 3.77. The molecule has 0 amide bonds. The Balaban J connectivity index is 1.61. The zero-order chi connectivity index (χ0) is 16.0. The number of ether oxygens (including phenoxy) is 1. The summed E-state index contributed by atoms with van der Waals surface area (Å²) in [6.45, 7) is 8.80. The number of hydrogen-bond donors (Lipinski definition) is 1. The predicted octanol–water partition coefficient (Wildman–Crippen LogP) is 3.62. The van der Waals surface area contributed by atoms with Gasteiger partial charge in [-0.3, -0.25) is 4.90 Å². The molecule has 1 aromatic carbocycles. The Kier molecular flexibility index (Phi) is 3.68. The number of hydrogen-bond acceptors (Lipinski definition) is 3. The summed E-state index contributed by atoms with van der Waals surface area (Å²) in [7, 11) is 0. The SMILES string of the molecule is CC1(C)CC2CC(C)(CN2COc2ccc(C(=O)O)cc2)C1. The highest BCUT2D eigenvalue weighted by Gasteiger charge is 2.49. The van der Waals surface area contributed by atoms with Crippen LogP contribution in [0.15, 0.2) is 24.3 Å². The van der Waals surface area contributed by atoms with Crippen LogP contribution in [0.2, 0.25) is 0 Å². The second kappa shape index (κ2) is 5.27. The van der Waals surface area contributed by atoms with Gasteiger partial charge in [0.2, 0.25) is 0 Å². The topological polar surface area (TPSA) is 49.8 Å². The molecule has 1 saturated carbocycles. The van der Waals surface area contributed by atoms with E-state index in [9.17, 15) is 4.79 Å². The number of likely N-dealkylation sites (tertiary alicyclic amines) is 1. The Hall–Kier alpha value is -1.55. The second-order valence-electron chi connectivity index (χ2n) is 8.06. The van der Waals surface area contributed by atoms with Gasteiger partial charge in [-0.15, -0.1) is 0 Å². The highest BCUT2D eigenvalue weighted by atomic mass is 16.5. The molecule has 1 aliphatic heterocycles.